The Labute approximate surface area is 103 Å². The van der Waals surface area contributed by atoms with E-state index in [2.05, 4.69) is 35.0 Å². The van der Waals surface area contributed by atoms with Gasteiger partial charge in [-0.05, 0) is 37.1 Å². The van der Waals surface area contributed by atoms with E-state index in [1.807, 2.05) is 0 Å². The molecule has 1 aromatic carbocycles. The number of piperazine rings is 1. The number of hydrogen-bond acceptors (Lipinski definition) is 3. The van der Waals surface area contributed by atoms with Gasteiger partial charge in [-0.3, -0.25) is 0 Å². The van der Waals surface area contributed by atoms with Crippen molar-refractivity contribution >= 4 is 5.69 Å². The van der Waals surface area contributed by atoms with Gasteiger partial charge >= 0.3 is 0 Å². The third-order valence-corrected chi connectivity index (χ3v) is 4.11. The maximum atomic E-state index is 6.24. The standard InChI is InChI=1S/C14H21N3/c1-16-7-9-17(10-8-16)13-4-2-3-11-5-6-12(15)14(11)13/h2-4,12H,5-10,15H2,1H3. The molecule has 0 bridgehead atoms. The van der Waals surface area contributed by atoms with Crippen LogP contribution in [0.5, 0.6) is 0 Å². The first-order valence-corrected chi connectivity index (χ1v) is 6.56. The van der Waals surface area contributed by atoms with Gasteiger partial charge in [-0.1, -0.05) is 12.1 Å². The molecular weight excluding hydrogens is 210 g/mol. The number of likely N-dealkylation sites (N-methyl/N-ethyl adjacent to an activating group) is 1. The first-order valence-electron chi connectivity index (χ1n) is 6.56. The highest BCUT2D eigenvalue weighted by Crippen LogP contribution is 2.37. The Morgan fingerprint density at radius 3 is 2.71 bits per heavy atom. The molecule has 0 aromatic heterocycles. The molecule has 3 heteroatoms. The van der Waals surface area contributed by atoms with Gasteiger partial charge in [-0.15, -0.1) is 0 Å². The van der Waals surface area contributed by atoms with Gasteiger partial charge in [0.05, 0.1) is 0 Å². The molecule has 0 spiro atoms. The smallest absolute Gasteiger partial charge is 0.0418 e. The Bertz CT molecular complexity index is 408. The van der Waals surface area contributed by atoms with Crippen molar-refractivity contribution in [1.82, 2.24) is 4.90 Å². The summed E-state index contributed by atoms with van der Waals surface area (Å²) >= 11 is 0. The average Bonchev–Trinajstić information content (AvgIpc) is 2.73. The van der Waals surface area contributed by atoms with Crippen LogP contribution in [0.3, 0.4) is 0 Å². The molecule has 1 aromatic rings. The summed E-state index contributed by atoms with van der Waals surface area (Å²) in [4.78, 5) is 4.89. The lowest BCUT2D eigenvalue weighted by Gasteiger charge is -2.35. The Hall–Kier alpha value is -1.06. The predicted molar refractivity (Wildman–Crippen MR) is 71.4 cm³/mol. The van der Waals surface area contributed by atoms with E-state index in [1.54, 1.807) is 0 Å². The number of anilines is 1. The van der Waals surface area contributed by atoms with Crippen LogP contribution in [-0.2, 0) is 6.42 Å². The van der Waals surface area contributed by atoms with Crippen LogP contribution >= 0.6 is 0 Å². The number of nitrogens with zero attached hydrogens (tertiary/aromatic N) is 2. The third-order valence-electron chi connectivity index (χ3n) is 4.11. The number of aryl methyl sites for hydroxylation is 1. The molecule has 17 heavy (non-hydrogen) atoms. The van der Waals surface area contributed by atoms with Crippen molar-refractivity contribution in [3.05, 3.63) is 29.3 Å². The zero-order valence-electron chi connectivity index (χ0n) is 10.5. The summed E-state index contributed by atoms with van der Waals surface area (Å²) in [7, 11) is 2.19. The van der Waals surface area contributed by atoms with E-state index >= 15 is 0 Å². The van der Waals surface area contributed by atoms with Crippen molar-refractivity contribution in [1.29, 1.82) is 0 Å². The number of nitrogens with two attached hydrogens (primary N) is 1. The van der Waals surface area contributed by atoms with Crippen LogP contribution < -0.4 is 10.6 Å². The van der Waals surface area contributed by atoms with Crippen LogP contribution in [0.4, 0.5) is 5.69 Å². The normalized spacial score (nSPS) is 25.1. The van der Waals surface area contributed by atoms with Gasteiger partial charge < -0.3 is 15.5 Å². The van der Waals surface area contributed by atoms with Gasteiger partial charge in [0.25, 0.3) is 0 Å². The summed E-state index contributed by atoms with van der Waals surface area (Å²) in [6.07, 6.45) is 2.26. The minimum absolute atomic E-state index is 0.251. The fourth-order valence-corrected chi connectivity index (χ4v) is 3.02. The van der Waals surface area contributed by atoms with Crippen molar-refractivity contribution < 1.29 is 0 Å². The molecule has 1 aliphatic heterocycles. The van der Waals surface area contributed by atoms with Crippen molar-refractivity contribution in [2.75, 3.05) is 38.1 Å². The maximum absolute atomic E-state index is 6.24. The zero-order chi connectivity index (χ0) is 11.8. The molecule has 1 unspecified atom stereocenters. The molecule has 1 saturated heterocycles. The molecule has 2 N–H and O–H groups in total. The number of benzene rings is 1. The summed E-state index contributed by atoms with van der Waals surface area (Å²) in [5.74, 6) is 0. The highest BCUT2D eigenvalue weighted by atomic mass is 15.2. The zero-order valence-corrected chi connectivity index (χ0v) is 10.5. The first-order chi connectivity index (χ1) is 8.25. The van der Waals surface area contributed by atoms with Crippen LogP contribution in [0.1, 0.15) is 23.6 Å². The van der Waals surface area contributed by atoms with Gasteiger partial charge in [0.1, 0.15) is 0 Å². The van der Waals surface area contributed by atoms with Gasteiger partial charge in [0.15, 0.2) is 0 Å². The first kappa shape index (κ1) is 11.1. The van der Waals surface area contributed by atoms with E-state index < -0.39 is 0 Å². The third kappa shape index (κ3) is 1.94. The number of hydrogen-bond donors (Lipinski definition) is 1. The van der Waals surface area contributed by atoms with E-state index in [0.29, 0.717) is 0 Å². The lowest BCUT2D eigenvalue weighted by Crippen LogP contribution is -2.45. The molecule has 1 atom stereocenters. The fourth-order valence-electron chi connectivity index (χ4n) is 3.02. The van der Waals surface area contributed by atoms with Crippen LogP contribution in [0.25, 0.3) is 0 Å². The monoisotopic (exact) mass is 231 g/mol. The lowest BCUT2D eigenvalue weighted by atomic mass is 10.0. The van der Waals surface area contributed by atoms with Crippen molar-refractivity contribution in [3.63, 3.8) is 0 Å². The SMILES string of the molecule is CN1CCN(c2cccc3c2C(N)CC3)CC1. The molecule has 2 aliphatic rings. The molecule has 3 rings (SSSR count). The quantitative estimate of drug-likeness (QED) is 0.792. The van der Waals surface area contributed by atoms with Gasteiger partial charge in [-0.25, -0.2) is 0 Å². The number of fused-ring (bicyclic) bond motifs is 1. The second-order valence-corrected chi connectivity index (χ2v) is 5.29. The minimum Gasteiger partial charge on any atom is -0.369 e. The molecule has 92 valence electrons. The fraction of sp³-hybridized carbons (Fsp3) is 0.571. The Kier molecular flexibility index (Phi) is 2.81. The van der Waals surface area contributed by atoms with Gasteiger partial charge in [-0.2, -0.15) is 0 Å². The van der Waals surface area contributed by atoms with Crippen molar-refractivity contribution in [2.24, 2.45) is 5.73 Å². The second-order valence-electron chi connectivity index (χ2n) is 5.29. The van der Waals surface area contributed by atoms with Crippen LogP contribution in [0, 0.1) is 0 Å². The van der Waals surface area contributed by atoms with Gasteiger partial charge in [0.2, 0.25) is 0 Å². The van der Waals surface area contributed by atoms with E-state index in [4.69, 9.17) is 5.73 Å². The molecule has 1 fully saturated rings. The highest BCUT2D eigenvalue weighted by molar-refractivity contribution is 5.60. The second kappa shape index (κ2) is 4.31. The van der Waals surface area contributed by atoms with Crippen molar-refractivity contribution in [3.8, 4) is 0 Å². The minimum atomic E-state index is 0.251. The summed E-state index contributed by atoms with van der Waals surface area (Å²) in [5, 5.41) is 0. The maximum Gasteiger partial charge on any atom is 0.0418 e. The largest absolute Gasteiger partial charge is 0.369 e. The summed E-state index contributed by atoms with van der Waals surface area (Å²) < 4.78 is 0. The van der Waals surface area contributed by atoms with E-state index in [9.17, 15) is 0 Å². The predicted octanol–water partition coefficient (Wildman–Crippen LogP) is 1.38. The molecule has 0 amide bonds. The van der Waals surface area contributed by atoms with E-state index in [1.165, 1.54) is 16.8 Å². The summed E-state index contributed by atoms with van der Waals surface area (Å²) in [6.45, 7) is 4.55. The molecule has 1 heterocycles. The van der Waals surface area contributed by atoms with Crippen LogP contribution in [0.15, 0.2) is 18.2 Å². The Morgan fingerprint density at radius 1 is 1.18 bits per heavy atom. The topological polar surface area (TPSA) is 32.5 Å². The van der Waals surface area contributed by atoms with Crippen LogP contribution in [-0.4, -0.2) is 38.1 Å². The van der Waals surface area contributed by atoms with Crippen molar-refractivity contribution in [2.45, 2.75) is 18.9 Å². The Morgan fingerprint density at radius 2 is 1.94 bits per heavy atom. The van der Waals surface area contributed by atoms with Crippen LogP contribution in [0.2, 0.25) is 0 Å². The lowest BCUT2D eigenvalue weighted by molar-refractivity contribution is 0.312. The highest BCUT2D eigenvalue weighted by Gasteiger charge is 2.25. The molecular formula is C14H21N3. The molecule has 3 nitrogen and oxygen atoms in total. The number of rotatable bonds is 1. The average molecular weight is 231 g/mol. The Balaban J connectivity index is 1.91. The van der Waals surface area contributed by atoms with Gasteiger partial charge in [0, 0.05) is 37.9 Å². The summed E-state index contributed by atoms with van der Waals surface area (Å²) in [5.41, 5.74) is 10.5. The summed E-state index contributed by atoms with van der Waals surface area (Å²) in [6, 6.07) is 6.92. The molecule has 1 aliphatic carbocycles. The molecule has 0 saturated carbocycles. The molecule has 0 radical (unpaired) electrons. The van der Waals surface area contributed by atoms with E-state index in [0.717, 1.165) is 39.0 Å². The van der Waals surface area contributed by atoms with E-state index in [-0.39, 0.29) is 6.04 Å².